The molecule has 2 aromatic rings. The summed E-state index contributed by atoms with van der Waals surface area (Å²) in [5.41, 5.74) is 0.320. The van der Waals surface area contributed by atoms with Crippen molar-refractivity contribution in [1.82, 2.24) is 14.9 Å². The van der Waals surface area contributed by atoms with Crippen LogP contribution >= 0.6 is 11.6 Å². The van der Waals surface area contributed by atoms with Gasteiger partial charge in [-0.25, -0.2) is 4.98 Å². The second kappa shape index (κ2) is 5.42. The van der Waals surface area contributed by atoms with Crippen LogP contribution in [0.25, 0.3) is 10.9 Å². The fraction of sp³-hybridized carbons (Fsp3) is 0.429. The van der Waals surface area contributed by atoms with Gasteiger partial charge in [-0.1, -0.05) is 6.42 Å². The van der Waals surface area contributed by atoms with Crippen LogP contribution in [0.2, 0.25) is 5.28 Å². The summed E-state index contributed by atoms with van der Waals surface area (Å²) < 4.78 is 1.54. The Morgan fingerprint density at radius 2 is 2.25 bits per heavy atom. The molecule has 1 aliphatic heterocycles. The molecule has 1 saturated heterocycles. The molecule has 6 heteroatoms. The number of benzene rings is 1. The van der Waals surface area contributed by atoms with Crippen molar-refractivity contribution in [2.45, 2.75) is 25.3 Å². The monoisotopic (exact) mass is 293 g/mol. The van der Waals surface area contributed by atoms with E-state index in [1.54, 1.807) is 10.6 Å². The molecule has 106 valence electrons. The summed E-state index contributed by atoms with van der Waals surface area (Å²) in [5, 5.41) is 13.5. The number of aromatic hydroxyl groups is 1. The molecule has 3 rings (SSSR count). The second-order valence-electron chi connectivity index (χ2n) is 5.11. The molecule has 5 nitrogen and oxygen atoms in total. The summed E-state index contributed by atoms with van der Waals surface area (Å²) in [7, 11) is 0. The van der Waals surface area contributed by atoms with Crippen LogP contribution in [-0.4, -0.2) is 27.7 Å². The van der Waals surface area contributed by atoms with E-state index in [1.807, 2.05) is 0 Å². The predicted octanol–water partition coefficient (Wildman–Crippen LogP) is 2.07. The first kappa shape index (κ1) is 13.4. The maximum Gasteiger partial charge on any atom is 0.262 e. The summed E-state index contributed by atoms with van der Waals surface area (Å²) in [5.74, 6) is 0.0595. The van der Waals surface area contributed by atoms with Gasteiger partial charge in [0.2, 0.25) is 5.28 Å². The van der Waals surface area contributed by atoms with Crippen LogP contribution in [0.1, 0.15) is 25.3 Å². The third-order valence-corrected chi connectivity index (χ3v) is 3.99. The normalized spacial score (nSPS) is 19.9. The first-order chi connectivity index (χ1) is 9.66. The maximum atomic E-state index is 12.6. The highest BCUT2D eigenvalue weighted by atomic mass is 35.5. The lowest BCUT2D eigenvalue weighted by atomic mass is 10.1. The zero-order chi connectivity index (χ0) is 14.1. The van der Waals surface area contributed by atoms with Gasteiger partial charge in [-0.2, -0.15) is 0 Å². The average Bonchev–Trinajstić information content (AvgIpc) is 2.69. The van der Waals surface area contributed by atoms with E-state index in [0.717, 1.165) is 25.8 Å². The molecular formula is C14H16ClN3O2. The van der Waals surface area contributed by atoms with Gasteiger partial charge in [0.1, 0.15) is 5.75 Å². The van der Waals surface area contributed by atoms with Crippen molar-refractivity contribution in [3.8, 4) is 5.75 Å². The average molecular weight is 294 g/mol. The smallest absolute Gasteiger partial charge is 0.262 e. The van der Waals surface area contributed by atoms with Crippen molar-refractivity contribution < 1.29 is 5.11 Å². The molecular weight excluding hydrogens is 278 g/mol. The Hall–Kier alpha value is -1.59. The van der Waals surface area contributed by atoms with Crippen LogP contribution in [0.4, 0.5) is 0 Å². The molecule has 1 aliphatic rings. The van der Waals surface area contributed by atoms with Crippen molar-refractivity contribution in [3.05, 3.63) is 33.8 Å². The van der Waals surface area contributed by atoms with E-state index < -0.39 is 0 Å². The first-order valence-electron chi connectivity index (χ1n) is 6.78. The first-order valence-corrected chi connectivity index (χ1v) is 7.16. The molecule has 20 heavy (non-hydrogen) atoms. The Morgan fingerprint density at radius 1 is 1.40 bits per heavy atom. The topological polar surface area (TPSA) is 67.1 Å². The molecule has 2 heterocycles. The van der Waals surface area contributed by atoms with Crippen LogP contribution in [-0.2, 0) is 0 Å². The molecule has 1 fully saturated rings. The van der Waals surface area contributed by atoms with E-state index in [-0.39, 0.29) is 22.6 Å². The predicted molar refractivity (Wildman–Crippen MR) is 78.4 cm³/mol. The molecule has 1 aromatic carbocycles. The van der Waals surface area contributed by atoms with Crippen LogP contribution in [0, 0.1) is 0 Å². The van der Waals surface area contributed by atoms with E-state index in [2.05, 4.69) is 10.3 Å². The number of fused-ring (bicyclic) bond motifs is 1. The van der Waals surface area contributed by atoms with Crippen molar-refractivity contribution in [1.29, 1.82) is 0 Å². The van der Waals surface area contributed by atoms with Gasteiger partial charge in [0, 0.05) is 6.54 Å². The molecule has 2 N–H and O–H groups in total. The summed E-state index contributed by atoms with van der Waals surface area (Å²) in [6, 6.07) is 4.56. The van der Waals surface area contributed by atoms with Crippen molar-refractivity contribution in [2.75, 3.05) is 13.1 Å². The molecule has 1 unspecified atom stereocenters. The van der Waals surface area contributed by atoms with E-state index in [9.17, 15) is 9.90 Å². The van der Waals surface area contributed by atoms with Gasteiger partial charge in [0.25, 0.3) is 5.56 Å². The number of phenolic OH excluding ortho intramolecular Hbond substituents is 1. The Balaban J connectivity index is 2.16. The van der Waals surface area contributed by atoms with E-state index in [1.165, 1.54) is 12.1 Å². The highest BCUT2D eigenvalue weighted by Gasteiger charge is 2.19. The van der Waals surface area contributed by atoms with E-state index in [4.69, 9.17) is 11.6 Å². The number of aromatic nitrogens is 2. The zero-order valence-electron chi connectivity index (χ0n) is 11.0. The maximum absolute atomic E-state index is 12.6. The molecule has 1 atom stereocenters. The van der Waals surface area contributed by atoms with E-state index in [0.29, 0.717) is 17.4 Å². The highest BCUT2D eigenvalue weighted by molar-refractivity contribution is 6.28. The van der Waals surface area contributed by atoms with Gasteiger partial charge in [0.15, 0.2) is 0 Å². The SMILES string of the molecule is O=c1c2cc(O)ccc2nc(Cl)n1C1CCCCNC1. The van der Waals surface area contributed by atoms with Crippen LogP contribution in [0.5, 0.6) is 5.75 Å². The second-order valence-corrected chi connectivity index (χ2v) is 5.45. The molecule has 0 bridgehead atoms. The number of phenols is 1. The van der Waals surface area contributed by atoms with Gasteiger partial charge in [-0.05, 0) is 49.2 Å². The number of hydrogen-bond donors (Lipinski definition) is 2. The van der Waals surface area contributed by atoms with Gasteiger partial charge >= 0.3 is 0 Å². The van der Waals surface area contributed by atoms with Gasteiger partial charge in [-0.15, -0.1) is 0 Å². The van der Waals surface area contributed by atoms with Crippen molar-refractivity contribution >= 4 is 22.5 Å². The minimum Gasteiger partial charge on any atom is -0.508 e. The zero-order valence-corrected chi connectivity index (χ0v) is 11.7. The Morgan fingerprint density at radius 3 is 3.10 bits per heavy atom. The van der Waals surface area contributed by atoms with Crippen LogP contribution in [0.15, 0.2) is 23.0 Å². The third-order valence-electron chi connectivity index (χ3n) is 3.73. The minimum absolute atomic E-state index is 0.0109. The standard InChI is InChI=1S/C14H16ClN3O2/c15-14-17-12-5-4-10(19)7-11(12)13(20)18(14)9-3-1-2-6-16-8-9/h4-5,7,9,16,19H,1-3,6,8H2. The summed E-state index contributed by atoms with van der Waals surface area (Å²) in [4.78, 5) is 16.9. The lowest BCUT2D eigenvalue weighted by Crippen LogP contribution is -2.32. The summed E-state index contributed by atoms with van der Waals surface area (Å²) in [6.07, 6.45) is 3.06. The van der Waals surface area contributed by atoms with Gasteiger partial charge in [-0.3, -0.25) is 9.36 Å². The van der Waals surface area contributed by atoms with Crippen molar-refractivity contribution in [2.24, 2.45) is 0 Å². The minimum atomic E-state index is -0.190. The van der Waals surface area contributed by atoms with E-state index >= 15 is 0 Å². The van der Waals surface area contributed by atoms with Gasteiger partial charge < -0.3 is 10.4 Å². The molecule has 0 radical (unpaired) electrons. The fourth-order valence-electron chi connectivity index (χ4n) is 2.70. The largest absolute Gasteiger partial charge is 0.508 e. The third kappa shape index (κ3) is 2.39. The number of rotatable bonds is 1. The molecule has 0 aliphatic carbocycles. The Kier molecular flexibility index (Phi) is 3.63. The fourth-order valence-corrected chi connectivity index (χ4v) is 3.00. The lowest BCUT2D eigenvalue weighted by molar-refractivity contribution is 0.447. The Bertz CT molecular complexity index is 691. The summed E-state index contributed by atoms with van der Waals surface area (Å²) >= 11 is 6.20. The molecule has 0 saturated carbocycles. The van der Waals surface area contributed by atoms with Gasteiger partial charge in [0.05, 0.1) is 16.9 Å². The quantitative estimate of drug-likeness (QED) is 0.790. The highest BCUT2D eigenvalue weighted by Crippen LogP contribution is 2.22. The molecule has 1 aromatic heterocycles. The number of nitrogens with one attached hydrogen (secondary N) is 1. The Labute approximate surface area is 121 Å². The van der Waals surface area contributed by atoms with Crippen LogP contribution in [0.3, 0.4) is 0 Å². The number of nitrogens with zero attached hydrogens (tertiary/aromatic N) is 2. The van der Waals surface area contributed by atoms with Crippen molar-refractivity contribution in [3.63, 3.8) is 0 Å². The lowest BCUT2D eigenvalue weighted by Gasteiger charge is -2.19. The molecule has 0 spiro atoms. The number of hydrogen-bond acceptors (Lipinski definition) is 4. The number of halogens is 1. The summed E-state index contributed by atoms with van der Waals surface area (Å²) in [6.45, 7) is 1.68. The molecule has 0 amide bonds. The van der Waals surface area contributed by atoms with Crippen LogP contribution < -0.4 is 10.9 Å².